The van der Waals surface area contributed by atoms with E-state index in [1.54, 1.807) is 0 Å². The number of carboxylic acids is 1. The highest BCUT2D eigenvalue weighted by atomic mass is 19.1. The summed E-state index contributed by atoms with van der Waals surface area (Å²) in [6.07, 6.45) is 10.2. The van der Waals surface area contributed by atoms with Gasteiger partial charge in [0, 0.05) is 30.1 Å². The van der Waals surface area contributed by atoms with Crippen molar-refractivity contribution in [2.24, 2.45) is 5.92 Å². The number of aliphatic carboxylic acids is 1. The van der Waals surface area contributed by atoms with Gasteiger partial charge in [0.05, 0.1) is 12.0 Å². The van der Waals surface area contributed by atoms with Gasteiger partial charge in [0.1, 0.15) is 5.82 Å². The third-order valence-corrected chi connectivity index (χ3v) is 7.99. The van der Waals surface area contributed by atoms with E-state index in [1.165, 1.54) is 18.6 Å². The fourth-order valence-corrected chi connectivity index (χ4v) is 5.79. The second kappa shape index (κ2) is 11.6. The number of carbonyl (C=O) groups is 1. The molecule has 38 heavy (non-hydrogen) atoms. The number of hydrogen-bond acceptors (Lipinski definition) is 6. The van der Waals surface area contributed by atoms with E-state index in [1.807, 2.05) is 47.4 Å². The van der Waals surface area contributed by atoms with Crippen molar-refractivity contribution in [2.75, 3.05) is 19.6 Å². The monoisotopic (exact) mass is 519 g/mol. The number of carboxylic acid groups (broad SMARTS) is 1. The molecule has 7 nitrogen and oxygen atoms in total. The Morgan fingerprint density at radius 1 is 1.11 bits per heavy atom. The molecular weight excluding hydrogens is 485 g/mol. The minimum absolute atomic E-state index is 0.169. The van der Waals surface area contributed by atoms with Crippen LogP contribution in [-0.2, 0) is 10.2 Å². The third kappa shape index (κ3) is 6.03. The Morgan fingerprint density at radius 3 is 2.55 bits per heavy atom. The molecular formula is C30H34FN3O4. The van der Waals surface area contributed by atoms with Crippen molar-refractivity contribution >= 4 is 12.0 Å². The van der Waals surface area contributed by atoms with Gasteiger partial charge in [0.15, 0.2) is 0 Å². The van der Waals surface area contributed by atoms with Gasteiger partial charge in [0.25, 0.3) is 5.89 Å². The van der Waals surface area contributed by atoms with E-state index < -0.39 is 12.1 Å². The summed E-state index contributed by atoms with van der Waals surface area (Å²) in [6.45, 7) is 1.66. The van der Waals surface area contributed by atoms with Crippen molar-refractivity contribution in [1.82, 2.24) is 15.0 Å². The van der Waals surface area contributed by atoms with E-state index in [9.17, 15) is 19.4 Å². The highest BCUT2D eigenvalue weighted by Crippen LogP contribution is 2.41. The summed E-state index contributed by atoms with van der Waals surface area (Å²) in [5, 5.41) is 24.2. The van der Waals surface area contributed by atoms with Crippen molar-refractivity contribution in [3.63, 3.8) is 0 Å². The van der Waals surface area contributed by atoms with Gasteiger partial charge in [-0.25, -0.2) is 4.39 Å². The number of piperidine rings is 1. The van der Waals surface area contributed by atoms with E-state index in [0.29, 0.717) is 31.2 Å². The molecule has 3 aromatic rings. The molecule has 0 amide bonds. The number of halogens is 1. The first kappa shape index (κ1) is 26.3. The number of aliphatic hydroxyl groups is 1. The first-order chi connectivity index (χ1) is 18.4. The lowest BCUT2D eigenvalue weighted by Gasteiger charge is -2.35. The number of aromatic nitrogens is 2. The Labute approximate surface area is 222 Å². The largest absolute Gasteiger partial charge is 0.481 e. The molecule has 5 rings (SSSR count). The normalized spacial score (nSPS) is 20.9. The van der Waals surface area contributed by atoms with Crippen LogP contribution < -0.4 is 0 Å². The predicted octanol–water partition coefficient (Wildman–Crippen LogP) is 5.62. The number of allylic oxidation sites excluding steroid dienone is 1. The van der Waals surface area contributed by atoms with Gasteiger partial charge >= 0.3 is 5.97 Å². The molecule has 1 unspecified atom stereocenters. The fourth-order valence-electron chi connectivity index (χ4n) is 5.79. The topological polar surface area (TPSA) is 99.7 Å². The molecule has 2 heterocycles. The van der Waals surface area contributed by atoms with Gasteiger partial charge in [0.2, 0.25) is 5.82 Å². The molecule has 2 fully saturated rings. The number of likely N-dealkylation sites (tertiary alicyclic amines) is 1. The number of benzene rings is 2. The summed E-state index contributed by atoms with van der Waals surface area (Å²) < 4.78 is 19.0. The van der Waals surface area contributed by atoms with Crippen LogP contribution in [0, 0.1) is 11.7 Å². The maximum Gasteiger partial charge on any atom is 0.307 e. The average molecular weight is 520 g/mol. The highest BCUT2D eigenvalue weighted by Gasteiger charge is 2.31. The van der Waals surface area contributed by atoms with Crippen molar-refractivity contribution in [3.05, 3.63) is 77.4 Å². The SMILES string of the molecule is O=C(O)[C@H]1CCCN(CC(O)c2ccc(-c3noc(C=CC4(c5ccc(F)cc5)CCCCC4)n3)cc2)C1. The summed E-state index contributed by atoms with van der Waals surface area (Å²) in [5.74, 6) is -0.502. The van der Waals surface area contributed by atoms with Crippen LogP contribution in [0.15, 0.2) is 59.1 Å². The zero-order valence-electron chi connectivity index (χ0n) is 21.4. The Kier molecular flexibility index (Phi) is 8.00. The number of hydrogen-bond donors (Lipinski definition) is 2. The fraction of sp³-hybridized carbons (Fsp3) is 0.433. The van der Waals surface area contributed by atoms with Crippen molar-refractivity contribution in [1.29, 1.82) is 0 Å². The molecule has 1 aliphatic heterocycles. The molecule has 1 aromatic heterocycles. The summed E-state index contributed by atoms with van der Waals surface area (Å²) >= 11 is 0. The number of aliphatic hydroxyl groups excluding tert-OH is 1. The van der Waals surface area contributed by atoms with Gasteiger partial charge in [-0.2, -0.15) is 4.98 Å². The highest BCUT2D eigenvalue weighted by molar-refractivity contribution is 5.70. The van der Waals surface area contributed by atoms with Crippen molar-refractivity contribution in [2.45, 2.75) is 56.5 Å². The average Bonchev–Trinajstić information content (AvgIpc) is 3.42. The minimum atomic E-state index is -0.771. The summed E-state index contributed by atoms with van der Waals surface area (Å²) in [6, 6.07) is 14.2. The summed E-state index contributed by atoms with van der Waals surface area (Å²) in [7, 11) is 0. The Morgan fingerprint density at radius 2 is 1.84 bits per heavy atom. The first-order valence-corrected chi connectivity index (χ1v) is 13.4. The molecule has 1 saturated carbocycles. The Bertz CT molecular complexity index is 1250. The molecule has 0 radical (unpaired) electrons. The maximum absolute atomic E-state index is 13.5. The predicted molar refractivity (Wildman–Crippen MR) is 142 cm³/mol. The van der Waals surface area contributed by atoms with Gasteiger partial charge in [-0.15, -0.1) is 0 Å². The summed E-state index contributed by atoms with van der Waals surface area (Å²) in [4.78, 5) is 17.9. The molecule has 8 heteroatoms. The smallest absolute Gasteiger partial charge is 0.307 e. The second-order valence-electron chi connectivity index (χ2n) is 10.6. The molecule has 2 aliphatic rings. The van der Waals surface area contributed by atoms with E-state index in [-0.39, 0.29) is 17.2 Å². The van der Waals surface area contributed by atoms with Crippen LogP contribution in [0.4, 0.5) is 4.39 Å². The minimum Gasteiger partial charge on any atom is -0.481 e. The van der Waals surface area contributed by atoms with Crippen LogP contribution in [-0.4, -0.2) is 50.9 Å². The van der Waals surface area contributed by atoms with Crippen LogP contribution in [0.2, 0.25) is 0 Å². The van der Waals surface area contributed by atoms with Gasteiger partial charge in [-0.1, -0.05) is 66.9 Å². The van der Waals surface area contributed by atoms with Gasteiger partial charge < -0.3 is 14.7 Å². The summed E-state index contributed by atoms with van der Waals surface area (Å²) in [5.41, 5.74) is 2.47. The lowest BCUT2D eigenvalue weighted by atomic mass is 9.69. The van der Waals surface area contributed by atoms with Gasteiger partial charge in [-0.05, 0) is 55.5 Å². The molecule has 2 N–H and O–H groups in total. The zero-order valence-corrected chi connectivity index (χ0v) is 21.4. The van der Waals surface area contributed by atoms with Crippen LogP contribution >= 0.6 is 0 Å². The van der Waals surface area contributed by atoms with E-state index in [4.69, 9.17) is 4.52 Å². The quantitative estimate of drug-likeness (QED) is 0.398. The third-order valence-electron chi connectivity index (χ3n) is 7.99. The number of β-amino-alcohol motifs (C(OH)–C–C–N with tert-alkyl or cyclic N) is 1. The number of nitrogens with zero attached hydrogens (tertiary/aromatic N) is 3. The van der Waals surface area contributed by atoms with Crippen LogP contribution in [0.3, 0.4) is 0 Å². The molecule has 1 aliphatic carbocycles. The molecule has 0 spiro atoms. The first-order valence-electron chi connectivity index (χ1n) is 13.4. The van der Waals surface area contributed by atoms with Crippen molar-refractivity contribution < 1.29 is 23.9 Å². The zero-order chi connectivity index (χ0) is 26.5. The van der Waals surface area contributed by atoms with Crippen LogP contribution in [0.25, 0.3) is 17.5 Å². The molecule has 2 aromatic carbocycles. The molecule has 1 saturated heterocycles. The second-order valence-corrected chi connectivity index (χ2v) is 10.6. The van der Waals surface area contributed by atoms with Crippen LogP contribution in [0.1, 0.15) is 68.1 Å². The molecule has 200 valence electrons. The van der Waals surface area contributed by atoms with Gasteiger partial charge in [-0.3, -0.25) is 9.69 Å². The van der Waals surface area contributed by atoms with Crippen LogP contribution in [0.5, 0.6) is 0 Å². The molecule has 2 atom stereocenters. The van der Waals surface area contributed by atoms with E-state index >= 15 is 0 Å². The standard InChI is InChI=1S/C30H34FN3O4/c31-25-12-10-24(11-13-25)30(15-2-1-3-16-30)17-14-27-32-28(33-38-27)22-8-6-21(7-9-22)26(35)20-34-18-4-5-23(19-34)29(36)37/h6-14,17,23,26,35H,1-5,15-16,18-20H2,(H,36,37)/t23-,26?/m0/s1. The van der Waals surface area contributed by atoms with Crippen molar-refractivity contribution in [3.8, 4) is 11.4 Å². The van der Waals surface area contributed by atoms with E-state index in [2.05, 4.69) is 16.2 Å². The lowest BCUT2D eigenvalue weighted by Crippen LogP contribution is -2.40. The lowest BCUT2D eigenvalue weighted by molar-refractivity contribution is -0.143. The Balaban J connectivity index is 1.25. The Hall–Kier alpha value is -3.36. The van der Waals surface area contributed by atoms with E-state index in [0.717, 1.165) is 55.3 Å². The maximum atomic E-state index is 13.5. The molecule has 0 bridgehead atoms. The number of rotatable bonds is 8.